The normalized spacial score (nSPS) is 17.1. The Balaban J connectivity index is 1.31. The number of hydrogen-bond donors (Lipinski definition) is 1. The summed E-state index contributed by atoms with van der Waals surface area (Å²) < 4.78 is 11.9. The second-order valence-corrected chi connectivity index (χ2v) is 12.7. The van der Waals surface area contributed by atoms with Gasteiger partial charge in [0.25, 0.3) is 5.24 Å². The van der Waals surface area contributed by atoms with Gasteiger partial charge in [-0.3, -0.25) is 19.3 Å². The molecule has 0 atom stereocenters. The molecule has 2 aliphatic rings. The number of amides is 4. The molecule has 214 valence electrons. The number of nitrogens with zero attached hydrogens (tertiary/aromatic N) is 2. The van der Waals surface area contributed by atoms with Crippen molar-refractivity contribution in [2.24, 2.45) is 5.41 Å². The van der Waals surface area contributed by atoms with E-state index in [4.69, 9.17) is 9.47 Å². The van der Waals surface area contributed by atoms with E-state index < -0.39 is 11.1 Å². The van der Waals surface area contributed by atoms with E-state index in [1.165, 1.54) is 0 Å². The zero-order valence-electron chi connectivity index (χ0n) is 23.7. The van der Waals surface area contributed by atoms with Gasteiger partial charge in [-0.15, -0.1) is 0 Å². The molecule has 0 aliphatic carbocycles. The predicted octanol–water partition coefficient (Wildman–Crippen LogP) is 5.71. The number of thioether (sulfide) groups is 1. The number of anilines is 1. The van der Waals surface area contributed by atoms with Gasteiger partial charge in [0, 0.05) is 31.6 Å². The van der Waals surface area contributed by atoms with Crippen molar-refractivity contribution >= 4 is 40.6 Å². The highest BCUT2D eigenvalue weighted by Crippen LogP contribution is 2.33. The Morgan fingerprint density at radius 2 is 1.68 bits per heavy atom. The number of imide groups is 1. The first-order chi connectivity index (χ1) is 18.8. The van der Waals surface area contributed by atoms with Gasteiger partial charge in [-0.05, 0) is 60.2 Å². The molecule has 0 radical (unpaired) electrons. The summed E-state index contributed by atoms with van der Waals surface area (Å²) in [7, 11) is 0. The molecule has 4 amide bonds. The van der Waals surface area contributed by atoms with Crippen LogP contribution >= 0.6 is 11.8 Å². The van der Waals surface area contributed by atoms with Gasteiger partial charge in [0.15, 0.2) is 0 Å². The first-order valence-electron chi connectivity index (χ1n) is 13.4. The van der Waals surface area contributed by atoms with Crippen LogP contribution in [0.25, 0.3) is 11.1 Å². The number of benzene rings is 2. The van der Waals surface area contributed by atoms with Crippen LogP contribution in [0.4, 0.5) is 15.3 Å². The Bertz CT molecular complexity index is 1260. The first kappa shape index (κ1) is 29.5. The molecule has 0 bridgehead atoms. The summed E-state index contributed by atoms with van der Waals surface area (Å²) >= 11 is 0.906. The third-order valence-electron chi connectivity index (χ3n) is 6.88. The van der Waals surface area contributed by atoms with Crippen molar-refractivity contribution in [3.05, 3.63) is 48.0 Å². The van der Waals surface area contributed by atoms with Crippen molar-refractivity contribution < 1.29 is 28.7 Å². The van der Waals surface area contributed by atoms with Crippen molar-refractivity contribution in [1.29, 1.82) is 0 Å². The highest BCUT2D eigenvalue weighted by atomic mass is 32.2. The minimum atomic E-state index is -0.421. The minimum absolute atomic E-state index is 0.0669. The fourth-order valence-electron chi connectivity index (χ4n) is 4.47. The van der Waals surface area contributed by atoms with Crippen LogP contribution in [-0.2, 0) is 14.3 Å². The van der Waals surface area contributed by atoms with Gasteiger partial charge in [-0.1, -0.05) is 50.7 Å². The number of piperidine rings is 1. The summed E-state index contributed by atoms with van der Waals surface area (Å²) in [5.74, 6) is 0.119. The van der Waals surface area contributed by atoms with Crippen LogP contribution in [0, 0.1) is 12.3 Å². The summed E-state index contributed by atoms with van der Waals surface area (Å²) in [5, 5.41) is 2.34. The Hall–Kier alpha value is -3.53. The van der Waals surface area contributed by atoms with E-state index in [0.29, 0.717) is 38.2 Å². The van der Waals surface area contributed by atoms with Gasteiger partial charge < -0.3 is 19.7 Å². The van der Waals surface area contributed by atoms with Crippen LogP contribution < -0.4 is 10.1 Å². The number of ether oxygens (including phenoxy) is 2. The number of aryl methyl sites for hydroxylation is 1. The van der Waals surface area contributed by atoms with Gasteiger partial charge in [0.05, 0.1) is 12.4 Å². The molecule has 0 aromatic heterocycles. The Labute approximate surface area is 239 Å². The lowest BCUT2D eigenvalue weighted by Gasteiger charge is -2.39. The first-order valence-corrected chi connectivity index (χ1v) is 14.4. The standard InChI is InChI=1S/C30H37N3O6S/c1-20-16-22(21-6-9-23(10-7-21)31-25(34)17-33-26(35)18-40-28(33)37)8-11-24(20)39-30(5)12-14-32(15-13-30)27(36)38-19-29(2,3)4/h6-11,16H,12-15,17-19H2,1-5H3,(H,31,34). The van der Waals surface area contributed by atoms with Crippen molar-refractivity contribution in [1.82, 2.24) is 9.80 Å². The third kappa shape index (κ3) is 7.56. The average molecular weight is 568 g/mol. The lowest BCUT2D eigenvalue weighted by atomic mass is 9.93. The Morgan fingerprint density at radius 1 is 1.02 bits per heavy atom. The predicted molar refractivity (Wildman–Crippen MR) is 155 cm³/mol. The average Bonchev–Trinajstić information content (AvgIpc) is 3.21. The zero-order chi connectivity index (χ0) is 29.1. The van der Waals surface area contributed by atoms with Gasteiger partial charge in [0.1, 0.15) is 17.9 Å². The molecule has 0 unspecified atom stereocenters. The number of hydrogen-bond acceptors (Lipinski definition) is 7. The van der Waals surface area contributed by atoms with Crippen molar-refractivity contribution in [2.45, 2.75) is 53.1 Å². The smallest absolute Gasteiger partial charge is 0.409 e. The van der Waals surface area contributed by atoms with Crippen LogP contribution in [0.15, 0.2) is 42.5 Å². The SMILES string of the molecule is Cc1cc(-c2ccc(NC(=O)CN3C(=O)CSC3=O)cc2)ccc1OC1(C)CCN(C(=O)OCC(C)(C)C)CC1. The van der Waals surface area contributed by atoms with Crippen LogP contribution in [0.5, 0.6) is 5.75 Å². The van der Waals surface area contributed by atoms with Crippen molar-refractivity contribution in [3.8, 4) is 16.9 Å². The van der Waals surface area contributed by atoms with Crippen LogP contribution in [0.1, 0.15) is 46.1 Å². The van der Waals surface area contributed by atoms with Crippen molar-refractivity contribution in [3.63, 3.8) is 0 Å². The van der Waals surface area contributed by atoms with Crippen LogP contribution in [0.2, 0.25) is 0 Å². The highest BCUT2D eigenvalue weighted by molar-refractivity contribution is 8.14. The Morgan fingerprint density at radius 3 is 2.25 bits per heavy atom. The molecule has 10 heteroatoms. The molecule has 9 nitrogen and oxygen atoms in total. The van der Waals surface area contributed by atoms with Crippen molar-refractivity contribution in [2.75, 3.05) is 37.3 Å². The number of likely N-dealkylation sites (tertiary alicyclic amines) is 1. The van der Waals surface area contributed by atoms with E-state index in [-0.39, 0.29) is 35.3 Å². The maximum atomic E-state index is 12.4. The topological polar surface area (TPSA) is 105 Å². The van der Waals surface area contributed by atoms with Gasteiger partial charge in [-0.25, -0.2) is 4.79 Å². The monoisotopic (exact) mass is 567 g/mol. The number of carbonyl (C=O) groups excluding carboxylic acids is 4. The quantitative estimate of drug-likeness (QED) is 0.457. The molecule has 2 saturated heterocycles. The molecule has 2 aromatic carbocycles. The lowest BCUT2D eigenvalue weighted by Crippen LogP contribution is -2.48. The molecule has 40 heavy (non-hydrogen) atoms. The molecular formula is C30H37N3O6S. The maximum absolute atomic E-state index is 12.4. The minimum Gasteiger partial charge on any atom is -0.487 e. The fourth-order valence-corrected chi connectivity index (χ4v) is 5.19. The number of carbonyl (C=O) groups is 4. The Kier molecular flexibility index (Phi) is 8.77. The molecule has 2 aromatic rings. The molecule has 1 N–H and O–H groups in total. The van der Waals surface area contributed by atoms with E-state index in [2.05, 4.69) is 18.3 Å². The number of rotatable bonds is 7. The summed E-state index contributed by atoms with van der Waals surface area (Å²) in [4.78, 5) is 50.9. The molecule has 2 aliphatic heterocycles. The molecule has 2 heterocycles. The second-order valence-electron chi connectivity index (χ2n) is 11.8. The molecule has 2 fully saturated rings. The van der Waals surface area contributed by atoms with E-state index in [1.807, 2.05) is 52.0 Å². The highest BCUT2D eigenvalue weighted by Gasteiger charge is 2.35. The molecule has 0 saturated carbocycles. The lowest BCUT2D eigenvalue weighted by molar-refractivity contribution is -0.128. The molecular weight excluding hydrogens is 530 g/mol. The number of nitrogens with one attached hydrogen (secondary N) is 1. The van der Waals surface area contributed by atoms with Gasteiger partial charge in [-0.2, -0.15) is 0 Å². The van der Waals surface area contributed by atoms with E-state index in [9.17, 15) is 19.2 Å². The van der Waals surface area contributed by atoms with Gasteiger partial charge >= 0.3 is 6.09 Å². The van der Waals surface area contributed by atoms with E-state index in [1.54, 1.807) is 17.0 Å². The third-order valence-corrected chi connectivity index (χ3v) is 7.74. The fraction of sp³-hybridized carbons (Fsp3) is 0.467. The molecule has 0 spiro atoms. The molecule has 4 rings (SSSR count). The second kappa shape index (κ2) is 11.9. The zero-order valence-corrected chi connectivity index (χ0v) is 24.6. The summed E-state index contributed by atoms with van der Waals surface area (Å²) in [6.07, 6.45) is 1.16. The summed E-state index contributed by atoms with van der Waals surface area (Å²) in [5.41, 5.74) is 3.12. The van der Waals surface area contributed by atoms with Gasteiger partial charge in [0.2, 0.25) is 11.8 Å². The van der Waals surface area contributed by atoms with E-state index in [0.717, 1.165) is 39.1 Å². The summed E-state index contributed by atoms with van der Waals surface area (Å²) in [6, 6.07) is 13.4. The van der Waals surface area contributed by atoms with Crippen LogP contribution in [-0.4, -0.2) is 70.5 Å². The largest absolute Gasteiger partial charge is 0.487 e. The maximum Gasteiger partial charge on any atom is 0.409 e. The van der Waals surface area contributed by atoms with E-state index >= 15 is 0 Å². The van der Waals surface area contributed by atoms with Crippen LogP contribution in [0.3, 0.4) is 0 Å². The summed E-state index contributed by atoms with van der Waals surface area (Å²) in [6.45, 7) is 11.5.